The Kier molecular flexibility index (Phi) is 9.72. The fourth-order valence-corrected chi connectivity index (χ4v) is 0.235. The average Bonchev–Trinajstić information content (AvgIpc) is 1.85. The Balaban J connectivity index is 0. The van der Waals surface area contributed by atoms with Crippen LogP contribution < -0.4 is 0 Å². The molecule has 0 spiro atoms. The molecule has 2 N–H and O–H groups in total. The Hall–Kier alpha value is -0.690. The first-order valence-corrected chi connectivity index (χ1v) is 4.31. The van der Waals surface area contributed by atoms with Gasteiger partial charge in [-0.25, -0.2) is 0 Å². The van der Waals surface area contributed by atoms with E-state index in [4.69, 9.17) is 22.3 Å². The van der Waals surface area contributed by atoms with Gasteiger partial charge in [-0.2, -0.15) is 8.42 Å². The van der Waals surface area contributed by atoms with Crippen LogP contribution in [0, 0.1) is 0 Å². The van der Waals surface area contributed by atoms with Crippen LogP contribution >= 0.6 is 0 Å². The van der Waals surface area contributed by atoms with E-state index >= 15 is 0 Å². The van der Waals surface area contributed by atoms with Gasteiger partial charge in [0.1, 0.15) is 0 Å². The largest absolute Gasteiger partial charge is 0.394 e. The maximum absolute atomic E-state index is 8.74. The molecule has 0 bridgehead atoms. The van der Waals surface area contributed by atoms with Gasteiger partial charge in [0.2, 0.25) is 0 Å². The first-order chi connectivity index (χ1) is 5.41. The van der Waals surface area contributed by atoms with E-state index in [1.807, 2.05) is 0 Å². The van der Waals surface area contributed by atoms with Crippen LogP contribution in [0.4, 0.5) is 0 Å². The standard InChI is InChI=1S/C6H10O.H2O4S/c1-3-5-7-6-4-2;1-5(2,3)4/h3-4H,1-2,5-6H2;(H2,1,2,3,4). The van der Waals surface area contributed by atoms with Gasteiger partial charge in [0.25, 0.3) is 0 Å². The summed E-state index contributed by atoms with van der Waals surface area (Å²) in [6, 6.07) is 0. The zero-order chi connectivity index (χ0) is 10.0. The fraction of sp³-hybridized carbons (Fsp3) is 0.333. The summed E-state index contributed by atoms with van der Waals surface area (Å²) in [4.78, 5) is 0. The van der Waals surface area contributed by atoms with Gasteiger partial charge < -0.3 is 4.74 Å². The van der Waals surface area contributed by atoms with E-state index in [1.165, 1.54) is 0 Å². The molecular formula is C6H12O5S. The van der Waals surface area contributed by atoms with E-state index in [-0.39, 0.29) is 0 Å². The summed E-state index contributed by atoms with van der Waals surface area (Å²) in [6.07, 6.45) is 3.42. The Morgan fingerprint density at radius 1 is 1.17 bits per heavy atom. The minimum atomic E-state index is -4.67. The SMILES string of the molecule is C=CCOCC=C.O=S(=O)(O)O. The van der Waals surface area contributed by atoms with E-state index in [9.17, 15) is 0 Å². The van der Waals surface area contributed by atoms with Gasteiger partial charge in [0.15, 0.2) is 0 Å². The molecule has 12 heavy (non-hydrogen) atoms. The first-order valence-electron chi connectivity index (χ1n) is 2.91. The van der Waals surface area contributed by atoms with Crippen molar-refractivity contribution < 1.29 is 22.3 Å². The van der Waals surface area contributed by atoms with Crippen molar-refractivity contribution in [2.45, 2.75) is 0 Å². The summed E-state index contributed by atoms with van der Waals surface area (Å²) in [5, 5.41) is 0. The van der Waals surface area contributed by atoms with Crippen LogP contribution in [0.3, 0.4) is 0 Å². The molecule has 0 aliphatic rings. The number of ether oxygens (including phenoxy) is 1. The van der Waals surface area contributed by atoms with Crippen molar-refractivity contribution in [1.29, 1.82) is 0 Å². The van der Waals surface area contributed by atoms with Crippen molar-refractivity contribution in [3.05, 3.63) is 25.3 Å². The minimum absolute atomic E-state index is 0.617. The molecule has 0 unspecified atom stereocenters. The molecule has 0 aliphatic heterocycles. The molecule has 0 aromatic carbocycles. The second-order valence-corrected chi connectivity index (χ2v) is 2.46. The molecular weight excluding hydrogens is 184 g/mol. The third-order valence-electron chi connectivity index (χ3n) is 0.471. The van der Waals surface area contributed by atoms with Gasteiger partial charge in [-0.15, -0.1) is 13.2 Å². The van der Waals surface area contributed by atoms with E-state index < -0.39 is 10.4 Å². The molecule has 0 atom stereocenters. The van der Waals surface area contributed by atoms with Crippen LogP contribution in [-0.2, 0) is 15.1 Å². The molecule has 0 radical (unpaired) electrons. The van der Waals surface area contributed by atoms with E-state index in [0.29, 0.717) is 13.2 Å². The predicted octanol–water partition coefficient (Wildman–Crippen LogP) is 0.722. The monoisotopic (exact) mass is 196 g/mol. The van der Waals surface area contributed by atoms with Gasteiger partial charge in [0, 0.05) is 0 Å². The number of rotatable bonds is 4. The zero-order valence-corrected chi connectivity index (χ0v) is 7.33. The Morgan fingerprint density at radius 2 is 1.42 bits per heavy atom. The lowest BCUT2D eigenvalue weighted by atomic mass is 10.6. The third kappa shape index (κ3) is 58.7. The maximum Gasteiger partial charge on any atom is 0.394 e. The topological polar surface area (TPSA) is 83.8 Å². The molecule has 5 nitrogen and oxygen atoms in total. The Labute approximate surface area is 71.9 Å². The molecule has 6 heteroatoms. The first kappa shape index (κ1) is 13.9. The smallest absolute Gasteiger partial charge is 0.373 e. The van der Waals surface area contributed by atoms with Gasteiger partial charge >= 0.3 is 10.4 Å². The predicted molar refractivity (Wildman–Crippen MR) is 45.4 cm³/mol. The van der Waals surface area contributed by atoms with E-state index in [0.717, 1.165) is 0 Å². The van der Waals surface area contributed by atoms with Crippen LogP contribution in [0.15, 0.2) is 25.3 Å². The Morgan fingerprint density at radius 3 is 1.58 bits per heavy atom. The quantitative estimate of drug-likeness (QED) is 0.393. The molecule has 0 aromatic rings. The summed E-state index contributed by atoms with van der Waals surface area (Å²) in [7, 11) is -4.67. The molecule has 0 saturated heterocycles. The van der Waals surface area contributed by atoms with Crippen molar-refractivity contribution >= 4 is 10.4 Å². The molecule has 0 saturated carbocycles. The highest BCUT2D eigenvalue weighted by Gasteiger charge is 1.84. The highest BCUT2D eigenvalue weighted by Crippen LogP contribution is 1.72. The highest BCUT2D eigenvalue weighted by molar-refractivity contribution is 7.79. The number of hydrogen-bond donors (Lipinski definition) is 2. The summed E-state index contributed by atoms with van der Waals surface area (Å²) >= 11 is 0. The van der Waals surface area contributed by atoms with Gasteiger partial charge in [-0.05, 0) is 0 Å². The van der Waals surface area contributed by atoms with Crippen molar-refractivity contribution in [2.24, 2.45) is 0 Å². The van der Waals surface area contributed by atoms with Crippen molar-refractivity contribution in [1.82, 2.24) is 0 Å². The summed E-state index contributed by atoms with van der Waals surface area (Å²) in [5.74, 6) is 0. The maximum atomic E-state index is 8.74. The van der Waals surface area contributed by atoms with Crippen molar-refractivity contribution in [3.63, 3.8) is 0 Å². The second-order valence-electron chi connectivity index (χ2n) is 1.56. The molecule has 0 rings (SSSR count). The lowest BCUT2D eigenvalue weighted by Gasteiger charge is -1.89. The summed E-state index contributed by atoms with van der Waals surface area (Å²) in [6.45, 7) is 8.18. The lowest BCUT2D eigenvalue weighted by Crippen LogP contribution is -1.89. The van der Waals surface area contributed by atoms with E-state index in [1.54, 1.807) is 12.2 Å². The average molecular weight is 196 g/mol. The number of hydrogen-bond acceptors (Lipinski definition) is 3. The van der Waals surface area contributed by atoms with Crippen LogP contribution in [0.2, 0.25) is 0 Å². The normalized spacial score (nSPS) is 9.50. The minimum Gasteiger partial charge on any atom is -0.373 e. The second kappa shape index (κ2) is 8.41. The lowest BCUT2D eigenvalue weighted by molar-refractivity contribution is 0.194. The van der Waals surface area contributed by atoms with Crippen molar-refractivity contribution in [3.8, 4) is 0 Å². The highest BCUT2D eigenvalue weighted by atomic mass is 32.3. The van der Waals surface area contributed by atoms with E-state index in [2.05, 4.69) is 13.2 Å². The fourth-order valence-electron chi connectivity index (χ4n) is 0.235. The molecule has 0 amide bonds. The molecule has 72 valence electrons. The molecule has 0 aliphatic carbocycles. The summed E-state index contributed by atoms with van der Waals surface area (Å²) in [5.41, 5.74) is 0. The van der Waals surface area contributed by atoms with Crippen LogP contribution in [0.25, 0.3) is 0 Å². The van der Waals surface area contributed by atoms with Gasteiger partial charge in [-0.3, -0.25) is 9.11 Å². The Bertz CT molecular complexity index is 190. The molecule has 0 fully saturated rings. The molecule has 0 heterocycles. The van der Waals surface area contributed by atoms with Crippen LogP contribution in [0.1, 0.15) is 0 Å². The zero-order valence-electron chi connectivity index (χ0n) is 6.51. The summed E-state index contributed by atoms with van der Waals surface area (Å²) < 4.78 is 36.5. The van der Waals surface area contributed by atoms with Gasteiger partial charge in [0.05, 0.1) is 13.2 Å². The third-order valence-corrected chi connectivity index (χ3v) is 0.471. The van der Waals surface area contributed by atoms with Crippen LogP contribution in [0.5, 0.6) is 0 Å². The van der Waals surface area contributed by atoms with Gasteiger partial charge in [-0.1, -0.05) is 12.2 Å². The van der Waals surface area contributed by atoms with Crippen molar-refractivity contribution in [2.75, 3.05) is 13.2 Å². The molecule has 0 aromatic heterocycles. The van der Waals surface area contributed by atoms with Crippen LogP contribution in [-0.4, -0.2) is 30.7 Å².